The SMILES string of the molecule is Cc1cccc(C(=O)N2CCCC(Cl)C2)n1. The molecule has 0 aliphatic carbocycles. The van der Waals surface area contributed by atoms with Gasteiger partial charge in [0.1, 0.15) is 5.69 Å². The molecule has 1 saturated heterocycles. The Morgan fingerprint density at radius 2 is 2.38 bits per heavy atom. The van der Waals surface area contributed by atoms with Crippen LogP contribution in [-0.2, 0) is 0 Å². The molecule has 2 heterocycles. The second-order valence-corrected chi connectivity index (χ2v) is 4.77. The predicted octanol–water partition coefficient (Wildman–Crippen LogP) is 2.23. The molecular weight excluding hydrogens is 224 g/mol. The number of hydrogen-bond donors (Lipinski definition) is 0. The minimum absolute atomic E-state index is 0.00551. The first-order chi connectivity index (χ1) is 7.66. The monoisotopic (exact) mass is 238 g/mol. The van der Waals surface area contributed by atoms with E-state index in [1.807, 2.05) is 19.1 Å². The van der Waals surface area contributed by atoms with Gasteiger partial charge in [-0.15, -0.1) is 11.6 Å². The summed E-state index contributed by atoms with van der Waals surface area (Å²) in [6.45, 7) is 3.31. The molecule has 1 aromatic heterocycles. The van der Waals surface area contributed by atoms with Gasteiger partial charge in [0.05, 0.1) is 5.38 Å². The van der Waals surface area contributed by atoms with Gasteiger partial charge in [-0.1, -0.05) is 6.07 Å². The van der Waals surface area contributed by atoms with Crippen LogP contribution in [0.3, 0.4) is 0 Å². The van der Waals surface area contributed by atoms with Crippen LogP contribution in [0.2, 0.25) is 0 Å². The van der Waals surface area contributed by atoms with Gasteiger partial charge in [0, 0.05) is 18.8 Å². The van der Waals surface area contributed by atoms with Gasteiger partial charge in [-0.05, 0) is 31.9 Å². The minimum atomic E-state index is -0.00551. The quantitative estimate of drug-likeness (QED) is 0.703. The lowest BCUT2D eigenvalue weighted by Crippen LogP contribution is -2.40. The van der Waals surface area contributed by atoms with Crippen molar-refractivity contribution in [1.29, 1.82) is 0 Å². The first-order valence-corrected chi connectivity index (χ1v) is 5.97. The minimum Gasteiger partial charge on any atom is -0.336 e. The fourth-order valence-electron chi connectivity index (χ4n) is 1.93. The summed E-state index contributed by atoms with van der Waals surface area (Å²) in [4.78, 5) is 18.1. The van der Waals surface area contributed by atoms with Gasteiger partial charge in [-0.2, -0.15) is 0 Å². The molecular formula is C12H15ClN2O. The van der Waals surface area contributed by atoms with Crippen LogP contribution < -0.4 is 0 Å². The van der Waals surface area contributed by atoms with Crippen molar-refractivity contribution in [2.45, 2.75) is 25.1 Å². The van der Waals surface area contributed by atoms with Crippen LogP contribution in [0.25, 0.3) is 0 Å². The lowest BCUT2D eigenvalue weighted by atomic mass is 10.1. The number of halogens is 1. The van der Waals surface area contributed by atoms with E-state index >= 15 is 0 Å². The van der Waals surface area contributed by atoms with Crippen LogP contribution in [0.4, 0.5) is 0 Å². The molecule has 1 unspecified atom stereocenters. The summed E-state index contributed by atoms with van der Waals surface area (Å²) >= 11 is 6.06. The van der Waals surface area contributed by atoms with Crippen LogP contribution in [0.15, 0.2) is 18.2 Å². The summed E-state index contributed by atoms with van der Waals surface area (Å²) in [6, 6.07) is 5.50. The molecule has 0 radical (unpaired) electrons. The fourth-order valence-corrected chi connectivity index (χ4v) is 2.25. The van der Waals surface area contributed by atoms with Crippen molar-refractivity contribution in [2.24, 2.45) is 0 Å². The number of rotatable bonds is 1. The van der Waals surface area contributed by atoms with Gasteiger partial charge < -0.3 is 4.90 Å². The van der Waals surface area contributed by atoms with E-state index in [0.717, 1.165) is 25.1 Å². The van der Waals surface area contributed by atoms with Crippen LogP contribution >= 0.6 is 11.6 Å². The summed E-state index contributed by atoms with van der Waals surface area (Å²) in [5, 5.41) is 0.0857. The molecule has 1 aliphatic heterocycles. The Hall–Kier alpha value is -1.09. The maximum absolute atomic E-state index is 12.1. The number of piperidine rings is 1. The first kappa shape index (κ1) is 11.4. The average Bonchev–Trinajstić information content (AvgIpc) is 2.28. The third-order valence-electron chi connectivity index (χ3n) is 2.76. The van der Waals surface area contributed by atoms with Crippen LogP contribution in [0.1, 0.15) is 29.0 Å². The predicted molar refractivity (Wildman–Crippen MR) is 63.8 cm³/mol. The Bertz CT molecular complexity index is 394. The molecule has 3 nitrogen and oxygen atoms in total. The molecule has 1 amide bonds. The van der Waals surface area contributed by atoms with E-state index in [4.69, 9.17) is 11.6 Å². The lowest BCUT2D eigenvalue weighted by Gasteiger charge is -2.29. The number of aromatic nitrogens is 1. The number of hydrogen-bond acceptors (Lipinski definition) is 2. The van der Waals surface area contributed by atoms with Crippen molar-refractivity contribution < 1.29 is 4.79 Å². The largest absolute Gasteiger partial charge is 0.336 e. The van der Waals surface area contributed by atoms with Crippen LogP contribution in [-0.4, -0.2) is 34.3 Å². The number of aryl methyl sites for hydroxylation is 1. The highest BCUT2D eigenvalue weighted by Gasteiger charge is 2.23. The molecule has 86 valence electrons. The number of alkyl halides is 1. The molecule has 0 N–H and O–H groups in total. The molecule has 0 bridgehead atoms. The van der Waals surface area contributed by atoms with E-state index in [1.54, 1.807) is 11.0 Å². The normalized spacial score (nSPS) is 20.9. The molecule has 0 saturated carbocycles. The molecule has 1 aromatic rings. The van der Waals surface area contributed by atoms with E-state index in [1.165, 1.54) is 0 Å². The van der Waals surface area contributed by atoms with Gasteiger partial charge >= 0.3 is 0 Å². The molecule has 0 aromatic carbocycles. The second kappa shape index (κ2) is 4.83. The number of nitrogens with zero attached hydrogens (tertiary/aromatic N) is 2. The van der Waals surface area contributed by atoms with Crippen molar-refractivity contribution in [2.75, 3.05) is 13.1 Å². The lowest BCUT2D eigenvalue weighted by molar-refractivity contribution is 0.0721. The number of carbonyl (C=O) groups excluding carboxylic acids is 1. The zero-order valence-corrected chi connectivity index (χ0v) is 10.1. The Labute approximate surface area is 100 Å². The summed E-state index contributed by atoms with van der Waals surface area (Å²) < 4.78 is 0. The smallest absolute Gasteiger partial charge is 0.272 e. The topological polar surface area (TPSA) is 33.2 Å². The van der Waals surface area contributed by atoms with E-state index in [9.17, 15) is 4.79 Å². The van der Waals surface area contributed by atoms with Crippen molar-refractivity contribution in [3.63, 3.8) is 0 Å². The molecule has 2 rings (SSSR count). The zero-order chi connectivity index (χ0) is 11.5. The Balaban J connectivity index is 2.12. The maximum Gasteiger partial charge on any atom is 0.272 e. The molecule has 1 atom stereocenters. The molecule has 0 spiro atoms. The first-order valence-electron chi connectivity index (χ1n) is 5.54. The van der Waals surface area contributed by atoms with Crippen molar-refractivity contribution in [3.05, 3.63) is 29.6 Å². The molecule has 16 heavy (non-hydrogen) atoms. The number of likely N-dealkylation sites (tertiary alicyclic amines) is 1. The van der Waals surface area contributed by atoms with Gasteiger partial charge in [0.2, 0.25) is 0 Å². The van der Waals surface area contributed by atoms with Crippen LogP contribution in [0, 0.1) is 6.92 Å². The highest BCUT2D eigenvalue weighted by Crippen LogP contribution is 2.16. The van der Waals surface area contributed by atoms with Gasteiger partial charge in [-0.25, -0.2) is 4.98 Å². The molecule has 1 aliphatic rings. The number of carbonyl (C=O) groups is 1. The van der Waals surface area contributed by atoms with E-state index in [-0.39, 0.29) is 11.3 Å². The molecule has 4 heteroatoms. The standard InChI is InChI=1S/C12H15ClN2O/c1-9-4-2-6-11(14-9)12(16)15-7-3-5-10(13)8-15/h2,4,6,10H,3,5,7-8H2,1H3. The third kappa shape index (κ3) is 2.53. The maximum atomic E-state index is 12.1. The van der Waals surface area contributed by atoms with E-state index in [0.29, 0.717) is 12.2 Å². The summed E-state index contributed by atoms with van der Waals surface area (Å²) in [5.74, 6) is -0.00551. The number of amides is 1. The summed E-state index contributed by atoms with van der Waals surface area (Å²) in [5.41, 5.74) is 1.39. The zero-order valence-electron chi connectivity index (χ0n) is 9.32. The van der Waals surface area contributed by atoms with Gasteiger partial charge in [-0.3, -0.25) is 4.79 Å². The summed E-state index contributed by atoms with van der Waals surface area (Å²) in [7, 11) is 0. The molecule has 1 fully saturated rings. The highest BCUT2D eigenvalue weighted by atomic mass is 35.5. The Morgan fingerprint density at radius 1 is 1.56 bits per heavy atom. The Kier molecular flexibility index (Phi) is 3.44. The Morgan fingerprint density at radius 3 is 3.06 bits per heavy atom. The fraction of sp³-hybridized carbons (Fsp3) is 0.500. The van der Waals surface area contributed by atoms with Crippen molar-refractivity contribution >= 4 is 17.5 Å². The van der Waals surface area contributed by atoms with Crippen molar-refractivity contribution in [1.82, 2.24) is 9.88 Å². The average molecular weight is 239 g/mol. The summed E-state index contributed by atoms with van der Waals surface area (Å²) in [6.07, 6.45) is 1.97. The van der Waals surface area contributed by atoms with E-state index < -0.39 is 0 Å². The third-order valence-corrected chi connectivity index (χ3v) is 3.11. The number of pyridine rings is 1. The van der Waals surface area contributed by atoms with Crippen molar-refractivity contribution in [3.8, 4) is 0 Å². The highest BCUT2D eigenvalue weighted by molar-refractivity contribution is 6.21. The van der Waals surface area contributed by atoms with Gasteiger partial charge in [0.25, 0.3) is 5.91 Å². The van der Waals surface area contributed by atoms with E-state index in [2.05, 4.69) is 4.98 Å². The van der Waals surface area contributed by atoms with Crippen LogP contribution in [0.5, 0.6) is 0 Å². The van der Waals surface area contributed by atoms with Gasteiger partial charge in [0.15, 0.2) is 0 Å². The second-order valence-electron chi connectivity index (χ2n) is 4.15.